The topological polar surface area (TPSA) is 15.3 Å². The summed E-state index contributed by atoms with van der Waals surface area (Å²) in [6.45, 7) is 2.26. The van der Waals surface area contributed by atoms with Gasteiger partial charge in [0.2, 0.25) is 0 Å². The van der Waals surface area contributed by atoms with E-state index in [0.29, 0.717) is 0 Å². The quantitative estimate of drug-likeness (QED) is 0.157. The van der Waals surface area contributed by atoms with Crippen molar-refractivity contribution in [2.75, 3.05) is 10.2 Å². The number of anilines is 4. The van der Waals surface area contributed by atoms with Crippen molar-refractivity contribution in [1.29, 1.82) is 0 Å². The van der Waals surface area contributed by atoms with Crippen molar-refractivity contribution in [2.45, 2.75) is 31.2 Å². The van der Waals surface area contributed by atoms with E-state index in [0.717, 1.165) is 29.8 Å². The lowest BCUT2D eigenvalue weighted by Crippen LogP contribution is -2.36. The molecule has 1 unspecified atom stereocenters. The van der Waals surface area contributed by atoms with Gasteiger partial charge in [-0.1, -0.05) is 177 Å². The SMILES string of the molecule is CCCC(Nc1cccc(-c2ccccc2-c2ccc3c(c2)C2(c4ccccc4-3)c3ccccc3N(c3ccccc3)c3ccccc32)c1)c1ccc(-c2cc#ccc2)cc1. The van der Waals surface area contributed by atoms with E-state index in [4.69, 9.17) is 0 Å². The molecule has 2 nitrogen and oxygen atoms in total. The molecule has 290 valence electrons. The maximum absolute atomic E-state index is 3.93. The highest BCUT2D eigenvalue weighted by Gasteiger charge is 2.51. The predicted molar refractivity (Wildman–Crippen MR) is 254 cm³/mol. The molecule has 9 aromatic carbocycles. The van der Waals surface area contributed by atoms with Crippen LogP contribution in [0.3, 0.4) is 0 Å². The van der Waals surface area contributed by atoms with Gasteiger partial charge in [-0.2, -0.15) is 0 Å². The summed E-state index contributed by atoms with van der Waals surface area (Å²) in [5, 5.41) is 3.93. The van der Waals surface area contributed by atoms with Crippen molar-refractivity contribution in [1.82, 2.24) is 0 Å². The Labute approximate surface area is 359 Å². The van der Waals surface area contributed by atoms with Gasteiger partial charge in [0, 0.05) is 11.4 Å². The maximum Gasteiger partial charge on any atom is 0.0754 e. The molecule has 1 spiro atoms. The van der Waals surface area contributed by atoms with Gasteiger partial charge in [-0.25, -0.2) is 0 Å². The molecule has 0 bridgehead atoms. The van der Waals surface area contributed by atoms with Crippen LogP contribution in [0.25, 0.3) is 44.5 Å². The van der Waals surface area contributed by atoms with Crippen LogP contribution in [0.1, 0.15) is 53.6 Å². The van der Waals surface area contributed by atoms with Crippen LogP contribution in [0.15, 0.2) is 212 Å². The minimum Gasteiger partial charge on any atom is -0.378 e. The molecule has 1 aliphatic heterocycles. The van der Waals surface area contributed by atoms with E-state index in [1.165, 1.54) is 78.1 Å². The van der Waals surface area contributed by atoms with Gasteiger partial charge in [0.25, 0.3) is 0 Å². The number of nitrogens with zero attached hydrogens (tertiary/aromatic N) is 1. The molecular weight excluding hydrogens is 737 g/mol. The van der Waals surface area contributed by atoms with Crippen molar-refractivity contribution in [3.8, 4) is 44.5 Å². The lowest BCUT2D eigenvalue weighted by Gasteiger charge is -2.45. The normalized spacial score (nSPS) is 13.4. The van der Waals surface area contributed by atoms with Crippen molar-refractivity contribution in [2.24, 2.45) is 0 Å². The smallest absolute Gasteiger partial charge is 0.0754 e. The first kappa shape index (κ1) is 36.5. The molecular formula is C59H44N2. The average Bonchev–Trinajstić information content (AvgIpc) is 3.62. The van der Waals surface area contributed by atoms with Crippen LogP contribution in [-0.4, -0.2) is 0 Å². The van der Waals surface area contributed by atoms with Gasteiger partial charge in [0.1, 0.15) is 0 Å². The Bertz CT molecular complexity index is 2970. The third kappa shape index (κ3) is 6.04. The van der Waals surface area contributed by atoms with E-state index in [1.54, 1.807) is 0 Å². The molecule has 1 heterocycles. The number of para-hydroxylation sites is 3. The van der Waals surface area contributed by atoms with Crippen LogP contribution in [0, 0.1) is 12.1 Å². The highest BCUT2D eigenvalue weighted by molar-refractivity contribution is 5.97. The predicted octanol–water partition coefficient (Wildman–Crippen LogP) is 15.4. The van der Waals surface area contributed by atoms with Crippen molar-refractivity contribution >= 4 is 22.7 Å². The molecule has 1 atom stereocenters. The average molecular weight is 781 g/mol. The number of rotatable bonds is 9. The van der Waals surface area contributed by atoms with E-state index < -0.39 is 5.41 Å². The zero-order valence-corrected chi connectivity index (χ0v) is 34.1. The van der Waals surface area contributed by atoms with Crippen molar-refractivity contribution in [3.05, 3.63) is 252 Å². The fraction of sp³-hybridized carbons (Fsp3) is 0.0847. The highest BCUT2D eigenvalue weighted by Crippen LogP contribution is 2.63. The molecule has 0 saturated carbocycles. The molecule has 0 amide bonds. The lowest BCUT2D eigenvalue weighted by molar-refractivity contribution is 0.678. The van der Waals surface area contributed by atoms with E-state index >= 15 is 0 Å². The van der Waals surface area contributed by atoms with Crippen molar-refractivity contribution < 1.29 is 0 Å². The summed E-state index contributed by atoms with van der Waals surface area (Å²) >= 11 is 0. The summed E-state index contributed by atoms with van der Waals surface area (Å²) in [4.78, 5) is 2.44. The second kappa shape index (κ2) is 15.2. The number of benzene rings is 8. The molecule has 0 fully saturated rings. The first-order valence-electron chi connectivity index (χ1n) is 21.5. The molecule has 1 N–H and O–H groups in total. The summed E-state index contributed by atoms with van der Waals surface area (Å²) in [5.74, 6) is 0. The molecule has 1 aliphatic carbocycles. The Hall–Kier alpha value is -7.60. The molecule has 61 heavy (non-hydrogen) atoms. The van der Waals surface area contributed by atoms with Gasteiger partial charge in [0.15, 0.2) is 0 Å². The van der Waals surface area contributed by atoms with Crippen LogP contribution in [0.4, 0.5) is 22.7 Å². The first-order chi connectivity index (χ1) is 30.2. The minimum atomic E-state index is -0.510. The van der Waals surface area contributed by atoms with E-state index in [-0.39, 0.29) is 6.04 Å². The fourth-order valence-corrected chi connectivity index (χ4v) is 10.1. The van der Waals surface area contributed by atoms with E-state index in [1.807, 2.05) is 12.1 Å². The summed E-state index contributed by atoms with van der Waals surface area (Å²) in [7, 11) is 0. The molecule has 0 radical (unpaired) electrons. The number of nitrogens with one attached hydrogen (secondary N) is 1. The van der Waals surface area contributed by atoms with Gasteiger partial charge in [0.05, 0.1) is 22.8 Å². The van der Waals surface area contributed by atoms with Gasteiger partial charge >= 0.3 is 0 Å². The minimum absolute atomic E-state index is 0.189. The highest BCUT2D eigenvalue weighted by atomic mass is 15.2. The number of fused-ring (bicyclic) bond motifs is 9. The molecule has 2 heteroatoms. The Morgan fingerprint density at radius 1 is 0.475 bits per heavy atom. The molecule has 9 aromatic rings. The third-order valence-corrected chi connectivity index (χ3v) is 12.8. The zero-order valence-electron chi connectivity index (χ0n) is 34.1. The second-order valence-corrected chi connectivity index (χ2v) is 16.2. The number of hydrogen-bond acceptors (Lipinski definition) is 2. The maximum atomic E-state index is 3.93. The van der Waals surface area contributed by atoms with Crippen LogP contribution in [0.2, 0.25) is 0 Å². The molecule has 0 saturated heterocycles. The Morgan fingerprint density at radius 2 is 1.08 bits per heavy atom. The largest absolute Gasteiger partial charge is 0.378 e. The number of hydrogen-bond donors (Lipinski definition) is 1. The summed E-state index contributed by atoms with van der Waals surface area (Å²) < 4.78 is 0. The van der Waals surface area contributed by atoms with Gasteiger partial charge in [-0.3, -0.25) is 0 Å². The van der Waals surface area contributed by atoms with Gasteiger partial charge in [-0.05, 0) is 139 Å². The first-order valence-corrected chi connectivity index (χ1v) is 21.5. The fourth-order valence-electron chi connectivity index (χ4n) is 10.1. The standard InChI is InChI=1S/C59H44N2/c1-2-18-56(43-35-33-42(34-36-43)41-19-5-3-6-20-41)60-46-22-17-21-44(39-46)48-25-9-10-26-49(48)45-37-38-51-50-27-11-12-28-52(50)59(55(51)40-45)53-29-13-15-31-57(53)61(47-23-7-4-8-24-47)58-32-16-14-30-54(58)59/h4-5,7-17,19-40,56,60H,2,18H2,1H3. The Morgan fingerprint density at radius 3 is 1.77 bits per heavy atom. The second-order valence-electron chi connectivity index (χ2n) is 16.2. The molecule has 11 rings (SSSR count). The lowest BCUT2D eigenvalue weighted by atomic mass is 9.64. The Kier molecular flexibility index (Phi) is 9.10. The van der Waals surface area contributed by atoms with Crippen LogP contribution >= 0.6 is 0 Å². The van der Waals surface area contributed by atoms with Gasteiger partial charge in [-0.15, -0.1) is 0 Å². The van der Waals surface area contributed by atoms with Crippen LogP contribution < -0.4 is 10.2 Å². The zero-order chi connectivity index (χ0) is 40.8. The van der Waals surface area contributed by atoms with Crippen LogP contribution in [0.5, 0.6) is 0 Å². The molecule has 2 aliphatic rings. The van der Waals surface area contributed by atoms with Gasteiger partial charge < -0.3 is 10.2 Å². The van der Waals surface area contributed by atoms with Crippen LogP contribution in [-0.2, 0) is 5.41 Å². The summed E-state index contributed by atoms with van der Waals surface area (Å²) in [5.41, 5.74) is 20.4. The third-order valence-electron chi connectivity index (χ3n) is 12.8. The monoisotopic (exact) mass is 780 g/mol. The Balaban J connectivity index is 1.01. The van der Waals surface area contributed by atoms with Crippen molar-refractivity contribution in [3.63, 3.8) is 0 Å². The summed E-state index contributed by atoms with van der Waals surface area (Å²) in [6, 6.07) is 84.2. The van der Waals surface area contributed by atoms with E-state index in [9.17, 15) is 0 Å². The summed E-state index contributed by atoms with van der Waals surface area (Å²) in [6.07, 6.45) is 2.11. The van der Waals surface area contributed by atoms with E-state index in [2.05, 4.69) is 229 Å². The molecule has 0 aromatic heterocycles.